The van der Waals surface area contributed by atoms with Gasteiger partial charge in [-0.3, -0.25) is 0 Å². The first-order chi connectivity index (χ1) is 4.83. The predicted octanol–water partition coefficient (Wildman–Crippen LogP) is 2.79. The summed E-state index contributed by atoms with van der Waals surface area (Å²) >= 11 is 0. The number of aryl methyl sites for hydroxylation is 1. The van der Waals surface area contributed by atoms with Crippen LogP contribution >= 0.6 is 0 Å². The number of allylic oxidation sites excluding steroid dienone is 2. The Morgan fingerprint density at radius 2 is 2.30 bits per heavy atom. The van der Waals surface area contributed by atoms with E-state index in [1.807, 2.05) is 31.2 Å². The monoisotopic (exact) mass is 134 g/mol. The first kappa shape index (κ1) is 6.87. The van der Waals surface area contributed by atoms with E-state index in [2.05, 4.69) is 6.58 Å². The smallest absolute Gasteiger partial charge is 0.127 e. The third kappa shape index (κ3) is 1.62. The summed E-state index contributed by atoms with van der Waals surface area (Å²) in [6.45, 7) is 5.48. The highest BCUT2D eigenvalue weighted by Gasteiger charge is 1.89. The van der Waals surface area contributed by atoms with Gasteiger partial charge in [-0.2, -0.15) is 0 Å². The van der Waals surface area contributed by atoms with Gasteiger partial charge in [-0.15, -0.1) is 0 Å². The molecule has 0 amide bonds. The molecule has 0 saturated carbocycles. The highest BCUT2D eigenvalue weighted by molar-refractivity contribution is 5.44. The van der Waals surface area contributed by atoms with Crippen LogP contribution in [0.2, 0.25) is 0 Å². The normalized spacial score (nSPS) is 10.5. The Hall–Kier alpha value is -1.24. The predicted molar refractivity (Wildman–Crippen MR) is 42.7 cm³/mol. The van der Waals surface area contributed by atoms with E-state index in [0.29, 0.717) is 0 Å². The van der Waals surface area contributed by atoms with E-state index in [9.17, 15) is 0 Å². The highest BCUT2D eigenvalue weighted by atomic mass is 16.3. The molecule has 10 heavy (non-hydrogen) atoms. The summed E-state index contributed by atoms with van der Waals surface area (Å²) in [5, 5.41) is 0. The average Bonchev–Trinajstić information content (AvgIpc) is 2.31. The molecule has 0 aliphatic heterocycles. The largest absolute Gasteiger partial charge is 0.462 e. The van der Waals surface area contributed by atoms with Crippen molar-refractivity contribution in [1.82, 2.24) is 0 Å². The molecule has 0 N–H and O–H groups in total. The van der Waals surface area contributed by atoms with Gasteiger partial charge >= 0.3 is 0 Å². The summed E-state index contributed by atoms with van der Waals surface area (Å²) in [6, 6.07) is 3.86. The minimum absolute atomic E-state index is 0.873. The minimum atomic E-state index is 0.873. The average molecular weight is 134 g/mol. The molecule has 0 radical (unpaired) electrons. The molecule has 0 fully saturated rings. The van der Waals surface area contributed by atoms with Crippen LogP contribution < -0.4 is 0 Å². The van der Waals surface area contributed by atoms with Gasteiger partial charge in [-0.1, -0.05) is 18.7 Å². The van der Waals surface area contributed by atoms with Crippen molar-refractivity contribution in [1.29, 1.82) is 0 Å². The van der Waals surface area contributed by atoms with E-state index in [1.54, 1.807) is 6.08 Å². The molecule has 0 aliphatic carbocycles. The lowest BCUT2D eigenvalue weighted by Gasteiger charge is -1.81. The van der Waals surface area contributed by atoms with Gasteiger partial charge < -0.3 is 4.42 Å². The fraction of sp³-hybridized carbons (Fsp3) is 0.111. The van der Waals surface area contributed by atoms with Crippen molar-refractivity contribution in [2.45, 2.75) is 6.92 Å². The maximum Gasteiger partial charge on any atom is 0.127 e. The topological polar surface area (TPSA) is 13.1 Å². The van der Waals surface area contributed by atoms with Crippen molar-refractivity contribution in [2.24, 2.45) is 0 Å². The molecule has 1 nitrogen and oxygen atoms in total. The van der Waals surface area contributed by atoms with Crippen LogP contribution in [0, 0.1) is 6.92 Å². The molecular formula is C9H10O. The van der Waals surface area contributed by atoms with Crippen molar-refractivity contribution in [2.75, 3.05) is 0 Å². The first-order valence-electron chi connectivity index (χ1n) is 3.18. The van der Waals surface area contributed by atoms with Gasteiger partial charge in [-0.25, -0.2) is 0 Å². The highest BCUT2D eigenvalue weighted by Crippen LogP contribution is 2.07. The second kappa shape index (κ2) is 3.06. The molecule has 1 aromatic rings. The van der Waals surface area contributed by atoms with Crippen LogP contribution in [0.1, 0.15) is 11.5 Å². The second-order valence-electron chi connectivity index (χ2n) is 2.04. The quantitative estimate of drug-likeness (QED) is 0.567. The molecule has 1 heteroatoms. The molecule has 1 aromatic heterocycles. The Morgan fingerprint density at radius 1 is 1.50 bits per heavy atom. The van der Waals surface area contributed by atoms with Gasteiger partial charge in [0.1, 0.15) is 11.5 Å². The summed E-state index contributed by atoms with van der Waals surface area (Å²) in [6.07, 6.45) is 5.44. The molecule has 0 unspecified atom stereocenters. The maximum absolute atomic E-state index is 5.25. The zero-order valence-corrected chi connectivity index (χ0v) is 6.00. The Labute approximate surface area is 60.7 Å². The van der Waals surface area contributed by atoms with Crippen molar-refractivity contribution in [3.05, 3.63) is 42.4 Å². The molecule has 0 aromatic carbocycles. The summed E-state index contributed by atoms with van der Waals surface area (Å²) < 4.78 is 5.25. The zero-order chi connectivity index (χ0) is 7.40. The van der Waals surface area contributed by atoms with E-state index < -0.39 is 0 Å². The number of furan rings is 1. The van der Waals surface area contributed by atoms with Crippen molar-refractivity contribution in [3.63, 3.8) is 0 Å². The standard InChI is InChI=1S/C9H10O/c1-3-4-5-9-7-6-8(2)10-9/h3-7H,1H2,2H3. The molecule has 0 saturated heterocycles. The lowest BCUT2D eigenvalue weighted by atomic mass is 10.4. The lowest BCUT2D eigenvalue weighted by molar-refractivity contribution is 0.525. The van der Waals surface area contributed by atoms with Gasteiger partial charge in [0, 0.05) is 0 Å². The first-order valence-corrected chi connectivity index (χ1v) is 3.18. The molecule has 1 heterocycles. The van der Waals surface area contributed by atoms with Crippen molar-refractivity contribution in [3.8, 4) is 0 Å². The fourth-order valence-electron chi connectivity index (χ4n) is 0.706. The van der Waals surface area contributed by atoms with Crippen LogP contribution in [-0.4, -0.2) is 0 Å². The Bertz CT molecular complexity index is 243. The van der Waals surface area contributed by atoms with Crippen molar-refractivity contribution >= 4 is 6.08 Å². The third-order valence-corrected chi connectivity index (χ3v) is 1.16. The van der Waals surface area contributed by atoms with E-state index in [0.717, 1.165) is 11.5 Å². The molecular weight excluding hydrogens is 124 g/mol. The van der Waals surface area contributed by atoms with Gasteiger partial charge in [0.2, 0.25) is 0 Å². The van der Waals surface area contributed by atoms with Gasteiger partial charge in [0.25, 0.3) is 0 Å². The Kier molecular flexibility index (Phi) is 2.11. The zero-order valence-electron chi connectivity index (χ0n) is 6.00. The third-order valence-electron chi connectivity index (χ3n) is 1.16. The minimum Gasteiger partial charge on any atom is -0.462 e. The lowest BCUT2D eigenvalue weighted by Crippen LogP contribution is -1.58. The number of rotatable bonds is 2. The number of hydrogen-bond donors (Lipinski definition) is 0. The van der Waals surface area contributed by atoms with Gasteiger partial charge in [0.05, 0.1) is 0 Å². The Balaban J connectivity index is 2.75. The van der Waals surface area contributed by atoms with Crippen LogP contribution in [0.15, 0.2) is 35.3 Å². The molecule has 52 valence electrons. The summed E-state index contributed by atoms with van der Waals surface area (Å²) in [7, 11) is 0. The SMILES string of the molecule is C=CC=Cc1ccc(C)o1. The van der Waals surface area contributed by atoms with Crippen LogP contribution in [0.25, 0.3) is 6.08 Å². The van der Waals surface area contributed by atoms with E-state index in [-0.39, 0.29) is 0 Å². The molecule has 1 rings (SSSR count). The molecule has 0 aliphatic rings. The fourth-order valence-corrected chi connectivity index (χ4v) is 0.706. The van der Waals surface area contributed by atoms with Crippen LogP contribution in [0.4, 0.5) is 0 Å². The van der Waals surface area contributed by atoms with E-state index in [1.165, 1.54) is 0 Å². The van der Waals surface area contributed by atoms with Gasteiger partial charge in [-0.05, 0) is 25.1 Å². The van der Waals surface area contributed by atoms with Crippen LogP contribution in [0.5, 0.6) is 0 Å². The molecule has 0 atom stereocenters. The van der Waals surface area contributed by atoms with E-state index in [4.69, 9.17) is 4.42 Å². The summed E-state index contributed by atoms with van der Waals surface area (Å²) in [4.78, 5) is 0. The molecule has 0 bridgehead atoms. The second-order valence-corrected chi connectivity index (χ2v) is 2.04. The maximum atomic E-state index is 5.25. The Morgan fingerprint density at radius 3 is 2.80 bits per heavy atom. The van der Waals surface area contributed by atoms with E-state index >= 15 is 0 Å². The number of hydrogen-bond acceptors (Lipinski definition) is 1. The molecule has 0 spiro atoms. The van der Waals surface area contributed by atoms with Crippen LogP contribution in [-0.2, 0) is 0 Å². The summed E-state index contributed by atoms with van der Waals surface area (Å²) in [5.41, 5.74) is 0. The summed E-state index contributed by atoms with van der Waals surface area (Å²) in [5.74, 6) is 1.81. The van der Waals surface area contributed by atoms with Crippen LogP contribution in [0.3, 0.4) is 0 Å². The van der Waals surface area contributed by atoms with Crippen molar-refractivity contribution < 1.29 is 4.42 Å². The van der Waals surface area contributed by atoms with Gasteiger partial charge in [0.15, 0.2) is 0 Å².